The van der Waals surface area contributed by atoms with Gasteiger partial charge in [0.1, 0.15) is 0 Å². The minimum atomic E-state index is -0.204. The molecule has 0 fully saturated rings. The van der Waals surface area contributed by atoms with Crippen LogP contribution in [0, 0.1) is 0 Å². The number of carbonyl (C=O) groups excluding carboxylic acids is 1. The Morgan fingerprint density at radius 3 is 2.62 bits per heavy atom. The molecule has 0 aliphatic carbocycles. The molecule has 5 nitrogen and oxygen atoms in total. The highest BCUT2D eigenvalue weighted by Gasteiger charge is 2.13. The highest BCUT2D eigenvalue weighted by molar-refractivity contribution is 9.11. The summed E-state index contributed by atoms with van der Waals surface area (Å²) >= 11 is 6.79. The van der Waals surface area contributed by atoms with Gasteiger partial charge in [-0.25, -0.2) is 4.68 Å². The predicted octanol–water partition coefficient (Wildman–Crippen LogP) is 3.64. The summed E-state index contributed by atoms with van der Waals surface area (Å²) in [6.07, 6.45) is 0.0770. The molecular weight excluding hydrogens is 438 g/mol. The van der Waals surface area contributed by atoms with Crippen LogP contribution < -0.4 is 10.9 Å². The third-order valence-electron chi connectivity index (χ3n) is 3.56. The number of amides is 1. The zero-order valence-electron chi connectivity index (χ0n) is 12.7. The number of carbonyl (C=O) groups is 1. The van der Waals surface area contributed by atoms with Gasteiger partial charge in [-0.05, 0) is 40.2 Å². The van der Waals surface area contributed by atoms with E-state index in [2.05, 4.69) is 42.3 Å². The Bertz CT molecular complexity index is 999. The lowest BCUT2D eigenvalue weighted by Crippen LogP contribution is -2.24. The van der Waals surface area contributed by atoms with Gasteiger partial charge in [0.25, 0.3) is 5.56 Å². The first kappa shape index (κ1) is 16.9. The number of aromatic nitrogens is 2. The van der Waals surface area contributed by atoms with E-state index >= 15 is 0 Å². The van der Waals surface area contributed by atoms with E-state index < -0.39 is 0 Å². The second-order valence-electron chi connectivity index (χ2n) is 5.27. The second-order valence-corrected chi connectivity index (χ2v) is 7.04. The molecule has 1 heterocycles. The van der Waals surface area contributed by atoms with Crippen molar-refractivity contribution in [2.75, 3.05) is 5.32 Å². The van der Waals surface area contributed by atoms with Crippen LogP contribution in [0.2, 0.25) is 0 Å². The smallest absolute Gasteiger partial charge is 0.274 e. The zero-order chi connectivity index (χ0) is 17.3. The van der Waals surface area contributed by atoms with Crippen molar-refractivity contribution in [2.24, 2.45) is 7.05 Å². The number of aryl methyl sites for hydroxylation is 1. The minimum Gasteiger partial charge on any atom is -0.325 e. The first-order valence-corrected chi connectivity index (χ1v) is 8.74. The van der Waals surface area contributed by atoms with E-state index in [9.17, 15) is 9.59 Å². The molecule has 0 bridgehead atoms. The maximum Gasteiger partial charge on any atom is 0.274 e. The van der Waals surface area contributed by atoms with Crippen LogP contribution in [0.25, 0.3) is 10.8 Å². The summed E-state index contributed by atoms with van der Waals surface area (Å²) in [5.74, 6) is -0.204. The van der Waals surface area contributed by atoms with Crippen LogP contribution >= 0.6 is 31.9 Å². The first-order valence-electron chi connectivity index (χ1n) is 7.15. The van der Waals surface area contributed by atoms with Gasteiger partial charge in [0, 0.05) is 21.4 Å². The second kappa shape index (κ2) is 6.86. The summed E-state index contributed by atoms with van der Waals surface area (Å²) in [4.78, 5) is 24.5. The van der Waals surface area contributed by atoms with Crippen LogP contribution in [0.1, 0.15) is 5.69 Å². The van der Waals surface area contributed by atoms with Gasteiger partial charge in [-0.15, -0.1) is 0 Å². The topological polar surface area (TPSA) is 64.0 Å². The Labute approximate surface area is 154 Å². The molecule has 1 N–H and O–H groups in total. The number of anilines is 1. The lowest BCUT2D eigenvalue weighted by atomic mass is 10.1. The Balaban J connectivity index is 1.92. The average Bonchev–Trinajstić information content (AvgIpc) is 2.56. The van der Waals surface area contributed by atoms with Crippen LogP contribution in [0.15, 0.2) is 56.2 Å². The molecule has 0 saturated heterocycles. The molecule has 3 rings (SSSR count). The largest absolute Gasteiger partial charge is 0.325 e. The molecule has 1 amide bonds. The quantitative estimate of drug-likeness (QED) is 0.662. The average molecular weight is 451 g/mol. The highest BCUT2D eigenvalue weighted by Crippen LogP contribution is 2.26. The minimum absolute atomic E-state index is 0.0770. The number of rotatable bonds is 3. The molecule has 0 radical (unpaired) electrons. The fourth-order valence-corrected chi connectivity index (χ4v) is 3.15. The van der Waals surface area contributed by atoms with Crippen LogP contribution in [0.5, 0.6) is 0 Å². The maximum absolute atomic E-state index is 12.4. The molecule has 2 aromatic carbocycles. The van der Waals surface area contributed by atoms with Crippen molar-refractivity contribution in [3.63, 3.8) is 0 Å². The Morgan fingerprint density at radius 2 is 1.88 bits per heavy atom. The van der Waals surface area contributed by atoms with Crippen molar-refractivity contribution in [2.45, 2.75) is 6.42 Å². The van der Waals surface area contributed by atoms with Crippen molar-refractivity contribution in [3.8, 4) is 0 Å². The number of nitrogens with one attached hydrogen (secondary N) is 1. The molecule has 1 aromatic heterocycles. The molecule has 0 aliphatic heterocycles. The molecule has 24 heavy (non-hydrogen) atoms. The maximum atomic E-state index is 12.4. The molecule has 7 heteroatoms. The Morgan fingerprint density at radius 1 is 1.17 bits per heavy atom. The van der Waals surface area contributed by atoms with Gasteiger partial charge in [0.2, 0.25) is 5.91 Å². The van der Waals surface area contributed by atoms with Crippen molar-refractivity contribution < 1.29 is 4.79 Å². The number of benzene rings is 2. The number of nitrogens with zero attached hydrogens (tertiary/aromatic N) is 2. The lowest BCUT2D eigenvalue weighted by Gasteiger charge is -2.10. The summed E-state index contributed by atoms with van der Waals surface area (Å²) in [5.41, 5.74) is 1.06. The van der Waals surface area contributed by atoms with Crippen molar-refractivity contribution in [1.29, 1.82) is 0 Å². The summed E-state index contributed by atoms with van der Waals surface area (Å²) in [6.45, 7) is 0. The normalized spacial score (nSPS) is 10.8. The molecule has 122 valence electrons. The molecule has 0 atom stereocenters. The summed E-state index contributed by atoms with van der Waals surface area (Å²) < 4.78 is 2.92. The van der Waals surface area contributed by atoms with Gasteiger partial charge in [-0.2, -0.15) is 5.10 Å². The van der Waals surface area contributed by atoms with Crippen LogP contribution in [0.4, 0.5) is 5.69 Å². The van der Waals surface area contributed by atoms with E-state index in [1.165, 1.54) is 4.68 Å². The van der Waals surface area contributed by atoms with Crippen molar-refractivity contribution >= 4 is 54.2 Å². The number of hydrogen-bond donors (Lipinski definition) is 1. The SMILES string of the molecule is Cn1nc(CC(=O)Nc2cc(Br)ccc2Br)c2ccccc2c1=O. The molecule has 0 spiro atoms. The summed E-state index contributed by atoms with van der Waals surface area (Å²) in [7, 11) is 1.58. The first-order chi connectivity index (χ1) is 11.5. The molecule has 0 aliphatic rings. The molecular formula is C17H13Br2N3O2. The van der Waals surface area contributed by atoms with Crippen LogP contribution in [0.3, 0.4) is 0 Å². The Hall–Kier alpha value is -1.99. The van der Waals surface area contributed by atoms with E-state index in [-0.39, 0.29) is 17.9 Å². The third kappa shape index (κ3) is 3.42. The van der Waals surface area contributed by atoms with Crippen molar-refractivity contribution in [1.82, 2.24) is 9.78 Å². The van der Waals surface area contributed by atoms with Crippen molar-refractivity contribution in [3.05, 3.63) is 67.5 Å². The number of halogens is 2. The van der Waals surface area contributed by atoms with E-state index in [1.807, 2.05) is 24.3 Å². The predicted molar refractivity (Wildman–Crippen MR) is 101 cm³/mol. The molecule has 0 saturated carbocycles. The van der Waals surface area contributed by atoms with Gasteiger partial charge in [-0.3, -0.25) is 9.59 Å². The van der Waals surface area contributed by atoms with E-state index in [0.29, 0.717) is 22.2 Å². The van der Waals surface area contributed by atoms with Gasteiger partial charge >= 0.3 is 0 Å². The lowest BCUT2D eigenvalue weighted by molar-refractivity contribution is -0.115. The van der Waals surface area contributed by atoms with E-state index in [1.54, 1.807) is 25.2 Å². The number of fused-ring (bicyclic) bond motifs is 1. The fourth-order valence-electron chi connectivity index (χ4n) is 2.45. The van der Waals surface area contributed by atoms with Gasteiger partial charge < -0.3 is 5.32 Å². The molecule has 0 unspecified atom stereocenters. The summed E-state index contributed by atoms with van der Waals surface area (Å²) in [6, 6.07) is 12.7. The van der Waals surface area contributed by atoms with Gasteiger partial charge in [0.15, 0.2) is 0 Å². The van der Waals surface area contributed by atoms with E-state index in [0.717, 1.165) is 8.95 Å². The van der Waals surface area contributed by atoms with Gasteiger partial charge in [0.05, 0.1) is 23.2 Å². The fraction of sp³-hybridized carbons (Fsp3) is 0.118. The highest BCUT2D eigenvalue weighted by atomic mass is 79.9. The third-order valence-corrected chi connectivity index (χ3v) is 4.75. The van der Waals surface area contributed by atoms with Crippen LogP contribution in [-0.4, -0.2) is 15.7 Å². The Kier molecular flexibility index (Phi) is 4.82. The standard InChI is InChI=1S/C17H13Br2N3O2/c1-22-17(24)12-5-3-2-4-11(12)14(21-22)9-16(23)20-15-8-10(18)6-7-13(15)19/h2-8H,9H2,1H3,(H,20,23). The monoisotopic (exact) mass is 449 g/mol. The van der Waals surface area contributed by atoms with Crippen LogP contribution in [-0.2, 0) is 18.3 Å². The zero-order valence-corrected chi connectivity index (χ0v) is 15.9. The molecule has 3 aromatic rings. The van der Waals surface area contributed by atoms with Gasteiger partial charge in [-0.1, -0.05) is 34.1 Å². The van der Waals surface area contributed by atoms with E-state index in [4.69, 9.17) is 0 Å². The number of hydrogen-bond acceptors (Lipinski definition) is 3. The summed E-state index contributed by atoms with van der Waals surface area (Å²) in [5, 5.41) is 8.35.